The Kier molecular flexibility index (Phi) is 9.02. The van der Waals surface area contributed by atoms with Gasteiger partial charge >= 0.3 is 6.03 Å². The Morgan fingerprint density at radius 3 is 2.43 bits per heavy atom. The molecule has 1 aliphatic carbocycles. The first-order chi connectivity index (χ1) is 13.2. The summed E-state index contributed by atoms with van der Waals surface area (Å²) in [6.45, 7) is 8.18. The van der Waals surface area contributed by atoms with Gasteiger partial charge in [0.1, 0.15) is 0 Å². The fourth-order valence-corrected chi connectivity index (χ4v) is 4.94. The Labute approximate surface area is 170 Å². The van der Waals surface area contributed by atoms with Gasteiger partial charge in [-0.15, -0.1) is 0 Å². The van der Waals surface area contributed by atoms with Crippen molar-refractivity contribution in [1.29, 1.82) is 0 Å². The molecule has 164 valence electrons. The Hall–Kier alpha value is -0.860. The van der Waals surface area contributed by atoms with E-state index in [4.69, 9.17) is 4.74 Å². The third kappa shape index (κ3) is 7.19. The van der Waals surface area contributed by atoms with Gasteiger partial charge in [0.15, 0.2) is 9.84 Å². The van der Waals surface area contributed by atoms with E-state index in [2.05, 4.69) is 24.5 Å². The molecule has 2 aliphatic rings. The molecule has 7 nitrogen and oxygen atoms in total. The van der Waals surface area contributed by atoms with Crippen molar-refractivity contribution in [3.8, 4) is 0 Å². The van der Waals surface area contributed by atoms with E-state index in [-0.39, 0.29) is 30.1 Å². The predicted molar refractivity (Wildman–Crippen MR) is 112 cm³/mol. The number of amides is 2. The van der Waals surface area contributed by atoms with E-state index in [1.807, 2.05) is 11.8 Å². The van der Waals surface area contributed by atoms with Crippen molar-refractivity contribution in [3.05, 3.63) is 0 Å². The first-order valence-corrected chi connectivity index (χ1v) is 12.8. The maximum Gasteiger partial charge on any atom is 0.317 e. The second-order valence-corrected chi connectivity index (χ2v) is 10.9. The van der Waals surface area contributed by atoms with Crippen molar-refractivity contribution in [1.82, 2.24) is 15.5 Å². The zero-order valence-corrected chi connectivity index (χ0v) is 18.8. The van der Waals surface area contributed by atoms with Crippen LogP contribution in [0.5, 0.6) is 0 Å². The molecule has 2 rings (SSSR count). The molecule has 1 aliphatic heterocycles. The lowest BCUT2D eigenvalue weighted by Gasteiger charge is -2.42. The second-order valence-electron chi connectivity index (χ2n) is 8.73. The number of piperidine rings is 1. The molecule has 2 N–H and O–H groups in total. The van der Waals surface area contributed by atoms with Crippen molar-refractivity contribution in [2.24, 2.45) is 11.8 Å². The van der Waals surface area contributed by atoms with Crippen LogP contribution in [0, 0.1) is 11.8 Å². The molecular weight excluding hydrogens is 378 g/mol. The SMILES string of the molecule is CCNC(=O)N1CCCC(NCS(C)(=O)=O)C1COC1CCC(C(C)C)CC1. The highest BCUT2D eigenvalue weighted by Crippen LogP contribution is 2.31. The summed E-state index contributed by atoms with van der Waals surface area (Å²) in [7, 11) is -3.12. The molecule has 0 bridgehead atoms. The van der Waals surface area contributed by atoms with Crippen molar-refractivity contribution in [2.75, 3.05) is 31.8 Å². The maximum absolute atomic E-state index is 12.5. The summed E-state index contributed by atoms with van der Waals surface area (Å²) in [6, 6.07) is -0.312. The first kappa shape index (κ1) is 23.4. The van der Waals surface area contributed by atoms with Gasteiger partial charge in [0.2, 0.25) is 0 Å². The molecule has 1 saturated carbocycles. The summed E-state index contributed by atoms with van der Waals surface area (Å²) in [4.78, 5) is 14.4. The number of sulfone groups is 1. The molecule has 28 heavy (non-hydrogen) atoms. The van der Waals surface area contributed by atoms with E-state index in [9.17, 15) is 13.2 Å². The standard InChI is InChI=1S/C20H39N3O4S/c1-5-21-20(24)23-12-6-7-18(22-14-28(4,25)26)19(23)13-27-17-10-8-16(9-11-17)15(2)3/h15-19,22H,5-14H2,1-4H3,(H,21,24). The van der Waals surface area contributed by atoms with Crippen LogP contribution in [-0.2, 0) is 14.6 Å². The fourth-order valence-electron chi connectivity index (χ4n) is 4.42. The van der Waals surface area contributed by atoms with Crippen LogP contribution in [0.25, 0.3) is 0 Å². The molecule has 0 radical (unpaired) electrons. The Morgan fingerprint density at radius 2 is 1.86 bits per heavy atom. The number of rotatable bonds is 8. The van der Waals surface area contributed by atoms with E-state index >= 15 is 0 Å². The number of carbonyl (C=O) groups excluding carboxylic acids is 1. The van der Waals surface area contributed by atoms with Crippen molar-refractivity contribution in [3.63, 3.8) is 0 Å². The van der Waals surface area contributed by atoms with Gasteiger partial charge in [-0.3, -0.25) is 5.32 Å². The minimum Gasteiger partial charge on any atom is -0.376 e. The molecule has 1 saturated heterocycles. The number of urea groups is 1. The maximum atomic E-state index is 12.5. The number of hydrogen-bond donors (Lipinski definition) is 2. The smallest absolute Gasteiger partial charge is 0.317 e. The number of ether oxygens (including phenoxy) is 1. The molecule has 0 aromatic rings. The fraction of sp³-hybridized carbons (Fsp3) is 0.950. The molecule has 0 aromatic carbocycles. The lowest BCUT2D eigenvalue weighted by atomic mass is 9.80. The molecule has 2 fully saturated rings. The molecular formula is C20H39N3O4S. The van der Waals surface area contributed by atoms with E-state index in [0.29, 0.717) is 19.7 Å². The van der Waals surface area contributed by atoms with Gasteiger partial charge in [0.25, 0.3) is 0 Å². The second kappa shape index (κ2) is 10.8. The number of nitrogens with one attached hydrogen (secondary N) is 2. The van der Waals surface area contributed by atoms with E-state index in [1.165, 1.54) is 19.1 Å². The van der Waals surface area contributed by atoms with Gasteiger partial charge in [-0.05, 0) is 57.3 Å². The third-order valence-electron chi connectivity index (χ3n) is 6.14. The zero-order valence-electron chi connectivity index (χ0n) is 17.9. The van der Waals surface area contributed by atoms with Gasteiger partial charge < -0.3 is 15.0 Å². The van der Waals surface area contributed by atoms with Gasteiger partial charge in [0.05, 0.1) is 24.6 Å². The number of nitrogens with zero attached hydrogens (tertiary/aromatic N) is 1. The molecule has 8 heteroatoms. The molecule has 2 atom stereocenters. The van der Waals surface area contributed by atoms with Crippen molar-refractivity contribution in [2.45, 2.75) is 77.5 Å². The highest BCUT2D eigenvalue weighted by Gasteiger charge is 2.35. The van der Waals surface area contributed by atoms with Crippen LogP contribution in [-0.4, -0.2) is 69.4 Å². The normalized spacial score (nSPS) is 29.1. The van der Waals surface area contributed by atoms with Crippen molar-refractivity contribution >= 4 is 15.9 Å². The number of likely N-dealkylation sites (tertiary alicyclic amines) is 1. The van der Waals surface area contributed by atoms with Gasteiger partial charge in [-0.25, -0.2) is 13.2 Å². The minimum atomic E-state index is -3.12. The monoisotopic (exact) mass is 417 g/mol. The number of carbonyl (C=O) groups is 1. The van der Waals surface area contributed by atoms with Crippen LogP contribution in [0.15, 0.2) is 0 Å². The molecule has 2 unspecified atom stereocenters. The van der Waals surface area contributed by atoms with E-state index < -0.39 is 9.84 Å². The quantitative estimate of drug-likeness (QED) is 0.633. The Morgan fingerprint density at radius 1 is 1.18 bits per heavy atom. The molecule has 2 amide bonds. The summed E-state index contributed by atoms with van der Waals surface area (Å²) in [5.41, 5.74) is 0. The number of hydrogen-bond acceptors (Lipinski definition) is 5. The summed E-state index contributed by atoms with van der Waals surface area (Å²) in [5, 5.41) is 6.04. The van der Waals surface area contributed by atoms with Crippen LogP contribution in [0.4, 0.5) is 4.79 Å². The van der Waals surface area contributed by atoms with Gasteiger partial charge in [0, 0.05) is 25.4 Å². The van der Waals surface area contributed by atoms with Crippen LogP contribution >= 0.6 is 0 Å². The lowest BCUT2D eigenvalue weighted by Crippen LogP contribution is -2.60. The molecule has 0 spiro atoms. The van der Waals surface area contributed by atoms with Crippen LogP contribution < -0.4 is 10.6 Å². The summed E-state index contributed by atoms with van der Waals surface area (Å²) < 4.78 is 29.5. The molecule has 1 heterocycles. The average molecular weight is 418 g/mol. The van der Waals surface area contributed by atoms with Crippen LogP contribution in [0.2, 0.25) is 0 Å². The van der Waals surface area contributed by atoms with E-state index in [1.54, 1.807) is 0 Å². The lowest BCUT2D eigenvalue weighted by molar-refractivity contribution is -0.0255. The zero-order chi connectivity index (χ0) is 20.7. The van der Waals surface area contributed by atoms with Gasteiger partial charge in [-0.1, -0.05) is 13.8 Å². The summed E-state index contributed by atoms with van der Waals surface area (Å²) in [6.07, 6.45) is 7.70. The first-order valence-electron chi connectivity index (χ1n) is 10.8. The summed E-state index contributed by atoms with van der Waals surface area (Å²) in [5.74, 6) is 1.43. The summed E-state index contributed by atoms with van der Waals surface area (Å²) >= 11 is 0. The van der Waals surface area contributed by atoms with Crippen molar-refractivity contribution < 1.29 is 17.9 Å². The van der Waals surface area contributed by atoms with Gasteiger partial charge in [-0.2, -0.15) is 0 Å². The highest BCUT2D eigenvalue weighted by atomic mass is 32.2. The van der Waals surface area contributed by atoms with Crippen LogP contribution in [0.1, 0.15) is 59.3 Å². The largest absolute Gasteiger partial charge is 0.376 e. The third-order valence-corrected chi connectivity index (χ3v) is 6.83. The minimum absolute atomic E-state index is 0.0712. The Bertz CT molecular complexity index is 588. The molecule has 0 aromatic heterocycles. The Balaban J connectivity index is 1.98. The van der Waals surface area contributed by atoms with Crippen LogP contribution in [0.3, 0.4) is 0 Å². The average Bonchev–Trinajstić information content (AvgIpc) is 2.64. The topological polar surface area (TPSA) is 87.7 Å². The predicted octanol–water partition coefficient (Wildman–Crippen LogP) is 2.37. The highest BCUT2D eigenvalue weighted by molar-refractivity contribution is 7.90. The van der Waals surface area contributed by atoms with E-state index in [0.717, 1.165) is 37.5 Å².